The molecule has 0 aliphatic heterocycles. The average molecular weight is 329 g/mol. The molecule has 0 heteroatoms. The smallest absolute Gasteiger partial charge is 0.0533 e. The minimum atomic E-state index is 1.36. The molecule has 0 bridgehead atoms. The molecule has 0 radical (unpaired) electrons. The van der Waals surface area contributed by atoms with Gasteiger partial charge >= 0.3 is 0 Å². The van der Waals surface area contributed by atoms with Crippen LogP contribution in [-0.2, 0) is 0 Å². The Balaban J connectivity index is -0.000000272. The third kappa shape index (κ3) is 44.9. The quantitative estimate of drug-likeness (QED) is 0.278. The molecule has 0 N–H and O–H groups in total. The van der Waals surface area contributed by atoms with Gasteiger partial charge in [0.1, 0.15) is 0 Å². The third-order valence-electron chi connectivity index (χ3n) is 4.12. The Morgan fingerprint density at radius 1 is 0.217 bits per heavy atom. The molecule has 0 unspecified atom stereocenters. The summed E-state index contributed by atoms with van der Waals surface area (Å²) >= 11 is 0. The number of unbranched alkanes of at least 4 members (excludes halogenated alkanes) is 14. The molecule has 23 heavy (non-hydrogen) atoms. The molecule has 0 spiro atoms. The van der Waals surface area contributed by atoms with E-state index in [1.54, 1.807) is 0 Å². The minimum absolute atomic E-state index is 1.36. The highest BCUT2D eigenvalue weighted by molar-refractivity contribution is 4.43. The molecule has 0 amide bonds. The Bertz CT molecular complexity index is 123. The van der Waals surface area contributed by atoms with Gasteiger partial charge < -0.3 is 0 Å². The van der Waals surface area contributed by atoms with E-state index in [4.69, 9.17) is 0 Å². The maximum Gasteiger partial charge on any atom is -0.0533 e. The highest BCUT2D eigenvalue weighted by atomic mass is 13.9. The first kappa shape index (κ1) is 27.8. The number of hydrogen-bond donors (Lipinski definition) is 0. The van der Waals surface area contributed by atoms with E-state index in [-0.39, 0.29) is 0 Å². The first-order valence-corrected chi connectivity index (χ1v) is 11.2. The molecule has 0 nitrogen and oxygen atoms in total. The van der Waals surface area contributed by atoms with Crippen LogP contribution in [-0.4, -0.2) is 0 Å². The summed E-state index contributed by atoms with van der Waals surface area (Å²) in [6.07, 6.45) is 24.0. The lowest BCUT2D eigenvalue weighted by molar-refractivity contribution is 0.585. The fourth-order valence-electron chi connectivity index (χ4n) is 2.38. The van der Waals surface area contributed by atoms with Gasteiger partial charge in [0.2, 0.25) is 0 Å². The van der Waals surface area contributed by atoms with E-state index in [1.807, 2.05) is 0 Å². The molecule has 0 fully saturated rings. The Hall–Kier alpha value is 0. The van der Waals surface area contributed by atoms with Crippen molar-refractivity contribution < 1.29 is 0 Å². The third-order valence-corrected chi connectivity index (χ3v) is 4.12. The predicted molar refractivity (Wildman–Crippen MR) is 113 cm³/mol. The summed E-state index contributed by atoms with van der Waals surface area (Å²) in [7, 11) is 0. The number of hydrogen-bond acceptors (Lipinski definition) is 0. The van der Waals surface area contributed by atoms with E-state index in [0.717, 1.165) is 0 Å². The van der Waals surface area contributed by atoms with Crippen LogP contribution in [0.3, 0.4) is 0 Å². The summed E-state index contributed by atoms with van der Waals surface area (Å²) in [5, 5.41) is 0. The lowest BCUT2D eigenvalue weighted by atomic mass is 10.1. The summed E-state index contributed by atoms with van der Waals surface area (Å²) in [5.74, 6) is 0. The molecule has 144 valence electrons. The molecule has 0 rings (SSSR count). The number of rotatable bonds is 14. The van der Waals surface area contributed by atoms with Crippen LogP contribution in [0.15, 0.2) is 0 Å². The SMILES string of the molecule is CCCCCC.CCCCCCC.CCCCCCCCCC. The maximum atomic E-state index is 2.27. The molecule has 0 aromatic rings. The van der Waals surface area contributed by atoms with Gasteiger partial charge in [-0.05, 0) is 0 Å². The topological polar surface area (TPSA) is 0 Å². The lowest BCUT2D eigenvalue weighted by Crippen LogP contribution is -1.77. The molecule has 0 saturated heterocycles. The van der Waals surface area contributed by atoms with Crippen LogP contribution >= 0.6 is 0 Å². The zero-order valence-corrected chi connectivity index (χ0v) is 18.0. The van der Waals surface area contributed by atoms with Gasteiger partial charge in [-0.1, -0.05) is 151 Å². The second-order valence-electron chi connectivity index (χ2n) is 6.89. The van der Waals surface area contributed by atoms with Crippen molar-refractivity contribution in [3.05, 3.63) is 0 Å². The van der Waals surface area contributed by atoms with Gasteiger partial charge in [-0.15, -0.1) is 0 Å². The summed E-state index contributed by atoms with van der Waals surface area (Å²) in [4.78, 5) is 0. The van der Waals surface area contributed by atoms with Crippen LogP contribution in [0, 0.1) is 0 Å². The van der Waals surface area contributed by atoms with Crippen molar-refractivity contribution in [2.24, 2.45) is 0 Å². The molecule has 0 aromatic carbocycles. The predicted octanol–water partition coefficient (Wildman–Crippen LogP) is 9.71. The first-order chi connectivity index (χ1) is 11.2. The Morgan fingerprint density at radius 2 is 0.348 bits per heavy atom. The zero-order chi connectivity index (χ0) is 18.0. The molecule has 0 aliphatic carbocycles. The van der Waals surface area contributed by atoms with Gasteiger partial charge in [-0.25, -0.2) is 0 Å². The first-order valence-electron chi connectivity index (χ1n) is 11.2. The molecule has 0 atom stereocenters. The van der Waals surface area contributed by atoms with E-state index >= 15 is 0 Å². The highest BCUT2D eigenvalue weighted by Gasteiger charge is 1.87. The minimum Gasteiger partial charge on any atom is -0.0654 e. The summed E-state index contributed by atoms with van der Waals surface area (Å²) < 4.78 is 0. The molecule has 0 saturated carbocycles. The van der Waals surface area contributed by atoms with E-state index in [9.17, 15) is 0 Å². The van der Waals surface area contributed by atoms with Gasteiger partial charge in [-0.2, -0.15) is 0 Å². The van der Waals surface area contributed by atoms with Crippen LogP contribution in [0.2, 0.25) is 0 Å². The van der Waals surface area contributed by atoms with Gasteiger partial charge in [0.05, 0.1) is 0 Å². The molecule has 0 heterocycles. The van der Waals surface area contributed by atoms with Crippen molar-refractivity contribution in [1.82, 2.24) is 0 Å². The Kier molecular flexibility index (Phi) is 40.6. The summed E-state index contributed by atoms with van der Waals surface area (Å²) in [6.45, 7) is 13.5. The molecule has 0 aromatic heterocycles. The molecular formula is C23H52. The van der Waals surface area contributed by atoms with Crippen molar-refractivity contribution in [1.29, 1.82) is 0 Å². The average Bonchev–Trinajstić information content (AvgIpc) is 2.58. The lowest BCUT2D eigenvalue weighted by Gasteiger charge is -1.97. The standard InChI is InChI=1S/C10H22.C7H16.C6H14/c1-3-5-7-9-10-8-6-4-2;1-3-5-7-6-4-2;1-3-5-6-4-2/h3-10H2,1-2H3;3-7H2,1-2H3;3-6H2,1-2H3. The fourth-order valence-corrected chi connectivity index (χ4v) is 2.38. The maximum absolute atomic E-state index is 2.27. The zero-order valence-electron chi connectivity index (χ0n) is 18.0. The van der Waals surface area contributed by atoms with E-state index in [1.165, 1.54) is 109 Å². The monoisotopic (exact) mass is 328 g/mol. The van der Waals surface area contributed by atoms with Gasteiger partial charge in [0.15, 0.2) is 0 Å². The molecule has 0 aliphatic rings. The second kappa shape index (κ2) is 33.6. The highest BCUT2D eigenvalue weighted by Crippen LogP contribution is 2.07. The molecular weight excluding hydrogens is 276 g/mol. The fraction of sp³-hybridized carbons (Fsp3) is 1.00. The summed E-state index contributed by atoms with van der Waals surface area (Å²) in [6, 6.07) is 0. The van der Waals surface area contributed by atoms with Crippen LogP contribution in [0.4, 0.5) is 0 Å². The van der Waals surface area contributed by atoms with Crippen molar-refractivity contribution in [3.8, 4) is 0 Å². The van der Waals surface area contributed by atoms with Crippen molar-refractivity contribution in [2.45, 2.75) is 151 Å². The van der Waals surface area contributed by atoms with Crippen LogP contribution in [0.25, 0.3) is 0 Å². The van der Waals surface area contributed by atoms with Gasteiger partial charge in [0.25, 0.3) is 0 Å². The van der Waals surface area contributed by atoms with E-state index in [0.29, 0.717) is 0 Å². The van der Waals surface area contributed by atoms with Crippen LogP contribution in [0.5, 0.6) is 0 Å². The normalized spacial score (nSPS) is 9.65. The second-order valence-corrected chi connectivity index (χ2v) is 6.89. The van der Waals surface area contributed by atoms with Crippen molar-refractivity contribution >= 4 is 0 Å². The Labute approximate surface area is 151 Å². The van der Waals surface area contributed by atoms with Crippen LogP contribution < -0.4 is 0 Å². The van der Waals surface area contributed by atoms with Crippen molar-refractivity contribution in [3.63, 3.8) is 0 Å². The Morgan fingerprint density at radius 3 is 0.565 bits per heavy atom. The van der Waals surface area contributed by atoms with Gasteiger partial charge in [-0.3, -0.25) is 0 Å². The van der Waals surface area contributed by atoms with Crippen molar-refractivity contribution in [2.75, 3.05) is 0 Å². The van der Waals surface area contributed by atoms with E-state index < -0.39 is 0 Å². The largest absolute Gasteiger partial charge is 0.0654 e. The summed E-state index contributed by atoms with van der Waals surface area (Å²) in [5.41, 5.74) is 0. The van der Waals surface area contributed by atoms with E-state index in [2.05, 4.69) is 41.5 Å². The van der Waals surface area contributed by atoms with Crippen LogP contribution in [0.1, 0.15) is 151 Å². The van der Waals surface area contributed by atoms with Gasteiger partial charge in [0, 0.05) is 0 Å².